The summed E-state index contributed by atoms with van der Waals surface area (Å²) in [5, 5.41) is 0. The number of hydrogen-bond acceptors (Lipinski definition) is 2. The van der Waals surface area contributed by atoms with Crippen molar-refractivity contribution in [1.82, 2.24) is 0 Å². The Labute approximate surface area is 88.0 Å². The molecule has 2 N–H and O–H groups in total. The molecular formula is C11H15F2NO. The Morgan fingerprint density at radius 1 is 1.27 bits per heavy atom. The van der Waals surface area contributed by atoms with Crippen LogP contribution in [-0.4, -0.2) is 13.2 Å². The Kier molecular flexibility index (Phi) is 4.49. The Morgan fingerprint density at radius 3 is 2.33 bits per heavy atom. The van der Waals surface area contributed by atoms with Crippen molar-refractivity contribution in [1.29, 1.82) is 0 Å². The second-order valence-electron chi connectivity index (χ2n) is 3.43. The van der Waals surface area contributed by atoms with E-state index in [1.165, 1.54) is 0 Å². The van der Waals surface area contributed by atoms with Crippen LogP contribution in [0, 0.1) is 0 Å². The average Bonchev–Trinajstić information content (AvgIpc) is 2.18. The summed E-state index contributed by atoms with van der Waals surface area (Å²) < 4.78 is 28.0. The molecule has 0 saturated carbocycles. The molecule has 1 aromatic carbocycles. The molecule has 0 bridgehead atoms. The van der Waals surface area contributed by atoms with Crippen LogP contribution in [0.2, 0.25) is 0 Å². The van der Waals surface area contributed by atoms with Crippen LogP contribution < -0.4 is 10.5 Å². The van der Waals surface area contributed by atoms with E-state index in [4.69, 9.17) is 5.73 Å². The number of rotatable bonds is 5. The highest BCUT2D eigenvalue weighted by Crippen LogP contribution is 2.22. The molecule has 0 fully saturated rings. The van der Waals surface area contributed by atoms with Crippen LogP contribution >= 0.6 is 0 Å². The number of alkyl halides is 2. The smallest absolute Gasteiger partial charge is 0.387 e. The van der Waals surface area contributed by atoms with Gasteiger partial charge in [0.05, 0.1) is 0 Å². The lowest BCUT2D eigenvalue weighted by molar-refractivity contribution is -0.0498. The molecule has 1 atom stereocenters. The Bertz CT molecular complexity index is 287. The molecule has 0 aliphatic carbocycles. The van der Waals surface area contributed by atoms with Gasteiger partial charge in [-0.25, -0.2) is 0 Å². The zero-order valence-electron chi connectivity index (χ0n) is 8.62. The molecule has 2 nitrogen and oxygen atoms in total. The lowest BCUT2D eigenvalue weighted by Crippen LogP contribution is -2.05. The van der Waals surface area contributed by atoms with Gasteiger partial charge in [-0.05, 0) is 36.6 Å². The van der Waals surface area contributed by atoms with Crippen molar-refractivity contribution in [2.24, 2.45) is 5.73 Å². The van der Waals surface area contributed by atoms with E-state index in [1.54, 1.807) is 24.3 Å². The number of nitrogens with two attached hydrogens (primary N) is 1. The molecule has 0 spiro atoms. The molecule has 1 rings (SSSR count). The van der Waals surface area contributed by atoms with E-state index in [-0.39, 0.29) is 5.75 Å². The molecule has 1 aromatic rings. The molecule has 0 aromatic heterocycles. The normalized spacial score (nSPS) is 12.9. The van der Waals surface area contributed by atoms with Gasteiger partial charge in [-0.1, -0.05) is 19.1 Å². The van der Waals surface area contributed by atoms with Gasteiger partial charge in [-0.15, -0.1) is 0 Å². The summed E-state index contributed by atoms with van der Waals surface area (Å²) in [5.41, 5.74) is 6.52. The molecule has 4 heteroatoms. The predicted octanol–water partition coefficient (Wildman–Crippen LogP) is 2.74. The van der Waals surface area contributed by atoms with Gasteiger partial charge in [-0.2, -0.15) is 8.78 Å². The van der Waals surface area contributed by atoms with Gasteiger partial charge in [0, 0.05) is 0 Å². The first-order valence-corrected chi connectivity index (χ1v) is 4.88. The van der Waals surface area contributed by atoms with Crippen LogP contribution in [0.15, 0.2) is 24.3 Å². The molecule has 0 amide bonds. The molecule has 0 aliphatic rings. The standard InChI is InChI=1S/C11H15F2NO/c1-8(6-7-14)9-2-4-10(5-3-9)15-11(12)13/h2-5,8,11H,6-7,14H2,1H3. The summed E-state index contributed by atoms with van der Waals surface area (Å²) in [6.07, 6.45) is 0.884. The molecule has 0 saturated heterocycles. The molecular weight excluding hydrogens is 200 g/mol. The van der Waals surface area contributed by atoms with Gasteiger partial charge in [0.1, 0.15) is 5.75 Å². The van der Waals surface area contributed by atoms with E-state index >= 15 is 0 Å². The van der Waals surface area contributed by atoms with Gasteiger partial charge in [-0.3, -0.25) is 0 Å². The van der Waals surface area contributed by atoms with E-state index in [0.717, 1.165) is 12.0 Å². The number of halogens is 2. The monoisotopic (exact) mass is 215 g/mol. The number of ether oxygens (including phenoxy) is 1. The minimum atomic E-state index is -2.77. The van der Waals surface area contributed by atoms with Crippen LogP contribution in [0.3, 0.4) is 0 Å². The van der Waals surface area contributed by atoms with Crippen molar-refractivity contribution in [3.05, 3.63) is 29.8 Å². The van der Waals surface area contributed by atoms with E-state index in [1.807, 2.05) is 0 Å². The van der Waals surface area contributed by atoms with E-state index in [9.17, 15) is 8.78 Å². The van der Waals surface area contributed by atoms with Gasteiger partial charge >= 0.3 is 6.61 Å². The third-order valence-corrected chi connectivity index (χ3v) is 2.27. The first-order chi connectivity index (χ1) is 7.13. The minimum absolute atomic E-state index is 0.189. The maximum absolute atomic E-state index is 11.9. The summed E-state index contributed by atoms with van der Waals surface area (Å²) in [5.74, 6) is 0.532. The first-order valence-electron chi connectivity index (χ1n) is 4.88. The van der Waals surface area contributed by atoms with Gasteiger partial charge < -0.3 is 10.5 Å². The summed E-state index contributed by atoms with van der Waals surface area (Å²) in [7, 11) is 0. The van der Waals surface area contributed by atoms with Crippen LogP contribution in [-0.2, 0) is 0 Å². The highest BCUT2D eigenvalue weighted by molar-refractivity contribution is 5.29. The van der Waals surface area contributed by atoms with Gasteiger partial charge in [0.15, 0.2) is 0 Å². The van der Waals surface area contributed by atoms with Crippen molar-refractivity contribution in [2.75, 3.05) is 6.54 Å². The van der Waals surface area contributed by atoms with Crippen molar-refractivity contribution in [2.45, 2.75) is 25.9 Å². The van der Waals surface area contributed by atoms with Crippen LogP contribution in [0.4, 0.5) is 8.78 Å². The Hall–Kier alpha value is -1.16. The number of hydrogen-bond donors (Lipinski definition) is 1. The first kappa shape index (κ1) is 11.9. The van der Waals surface area contributed by atoms with Crippen molar-refractivity contribution in [3.63, 3.8) is 0 Å². The Morgan fingerprint density at radius 2 is 1.87 bits per heavy atom. The lowest BCUT2D eigenvalue weighted by atomic mass is 9.98. The molecule has 1 unspecified atom stereocenters. The lowest BCUT2D eigenvalue weighted by Gasteiger charge is -2.11. The zero-order valence-corrected chi connectivity index (χ0v) is 8.62. The van der Waals surface area contributed by atoms with Crippen LogP contribution in [0.5, 0.6) is 5.75 Å². The Balaban J connectivity index is 2.63. The quantitative estimate of drug-likeness (QED) is 0.819. The second kappa shape index (κ2) is 5.66. The fourth-order valence-corrected chi connectivity index (χ4v) is 1.39. The molecule has 84 valence electrons. The summed E-state index contributed by atoms with van der Waals surface area (Å²) in [4.78, 5) is 0. The fraction of sp³-hybridized carbons (Fsp3) is 0.455. The van der Waals surface area contributed by atoms with Crippen molar-refractivity contribution < 1.29 is 13.5 Å². The topological polar surface area (TPSA) is 35.2 Å². The molecule has 0 radical (unpaired) electrons. The van der Waals surface area contributed by atoms with E-state index in [2.05, 4.69) is 11.7 Å². The highest BCUT2D eigenvalue weighted by Gasteiger charge is 2.06. The highest BCUT2D eigenvalue weighted by atomic mass is 19.3. The van der Waals surface area contributed by atoms with Crippen LogP contribution in [0.25, 0.3) is 0 Å². The summed E-state index contributed by atoms with van der Waals surface area (Å²) >= 11 is 0. The van der Waals surface area contributed by atoms with Gasteiger partial charge in [0.2, 0.25) is 0 Å². The average molecular weight is 215 g/mol. The predicted molar refractivity (Wildman–Crippen MR) is 55.2 cm³/mol. The SMILES string of the molecule is CC(CCN)c1ccc(OC(F)F)cc1. The van der Waals surface area contributed by atoms with E-state index < -0.39 is 6.61 Å². The molecule has 0 aliphatic heterocycles. The summed E-state index contributed by atoms with van der Waals surface area (Å²) in [6.45, 7) is -0.0935. The largest absolute Gasteiger partial charge is 0.435 e. The van der Waals surface area contributed by atoms with E-state index in [0.29, 0.717) is 12.5 Å². The third kappa shape index (κ3) is 3.83. The van der Waals surface area contributed by atoms with Crippen LogP contribution in [0.1, 0.15) is 24.8 Å². The zero-order chi connectivity index (χ0) is 11.3. The maximum atomic E-state index is 11.9. The molecule has 0 heterocycles. The van der Waals surface area contributed by atoms with Crippen molar-refractivity contribution >= 4 is 0 Å². The third-order valence-electron chi connectivity index (χ3n) is 2.27. The maximum Gasteiger partial charge on any atom is 0.387 e. The number of benzene rings is 1. The second-order valence-corrected chi connectivity index (χ2v) is 3.43. The van der Waals surface area contributed by atoms with Gasteiger partial charge in [0.25, 0.3) is 0 Å². The summed E-state index contributed by atoms with van der Waals surface area (Å²) in [6, 6.07) is 6.68. The van der Waals surface area contributed by atoms with Crippen molar-refractivity contribution in [3.8, 4) is 5.75 Å². The fourth-order valence-electron chi connectivity index (χ4n) is 1.39. The minimum Gasteiger partial charge on any atom is -0.435 e. The molecule has 15 heavy (non-hydrogen) atoms.